The fraction of sp³-hybridized carbons (Fsp3) is 0.400. The SMILES string of the molecule is COC(=O)c1ccc(/C=C/c2cc3c(cc2CBr)C(C)(C)C(O)C(O)C3(C)C)cc1. The standard InChI is InChI=1S/C25H29BrO4/c1-24(2)19-12-17(11-8-15-6-9-16(10-7-15)23(29)30-5)18(14-26)13-20(19)25(3,4)22(28)21(24)27/h6-13,21-22,27-28H,14H2,1-5H3/b11-8+. The van der Waals surface area contributed by atoms with Gasteiger partial charge in [-0.2, -0.15) is 0 Å². The first kappa shape index (κ1) is 22.7. The van der Waals surface area contributed by atoms with Gasteiger partial charge in [0.15, 0.2) is 0 Å². The van der Waals surface area contributed by atoms with Crippen LogP contribution >= 0.6 is 15.9 Å². The summed E-state index contributed by atoms with van der Waals surface area (Å²) in [6.07, 6.45) is 2.36. The first-order chi connectivity index (χ1) is 14.0. The molecule has 1 aliphatic carbocycles. The summed E-state index contributed by atoms with van der Waals surface area (Å²) in [6.45, 7) is 7.90. The number of fused-ring (bicyclic) bond motifs is 1. The molecule has 3 rings (SSSR count). The Morgan fingerprint density at radius 1 is 1.00 bits per heavy atom. The minimum Gasteiger partial charge on any atom is -0.465 e. The largest absolute Gasteiger partial charge is 0.465 e. The normalized spacial score (nSPS) is 22.0. The molecule has 2 atom stereocenters. The number of aliphatic hydroxyl groups excluding tert-OH is 2. The molecule has 0 radical (unpaired) electrons. The van der Waals surface area contributed by atoms with Crippen LogP contribution in [0.5, 0.6) is 0 Å². The van der Waals surface area contributed by atoms with E-state index >= 15 is 0 Å². The highest BCUT2D eigenvalue weighted by Crippen LogP contribution is 2.47. The van der Waals surface area contributed by atoms with Crippen LogP contribution in [0, 0.1) is 0 Å². The van der Waals surface area contributed by atoms with Crippen molar-refractivity contribution in [3.05, 3.63) is 69.8 Å². The summed E-state index contributed by atoms with van der Waals surface area (Å²) in [5, 5.41) is 22.2. The van der Waals surface area contributed by atoms with Crippen LogP contribution in [0.4, 0.5) is 0 Å². The van der Waals surface area contributed by atoms with Crippen molar-refractivity contribution >= 4 is 34.1 Å². The second kappa shape index (κ2) is 8.29. The fourth-order valence-corrected chi connectivity index (χ4v) is 4.63. The Balaban J connectivity index is 2.04. The summed E-state index contributed by atoms with van der Waals surface area (Å²) >= 11 is 3.59. The van der Waals surface area contributed by atoms with Gasteiger partial charge in [0, 0.05) is 16.2 Å². The van der Waals surface area contributed by atoms with Gasteiger partial charge in [0.2, 0.25) is 0 Å². The summed E-state index contributed by atoms with van der Waals surface area (Å²) in [6, 6.07) is 11.5. The number of hydrogen-bond acceptors (Lipinski definition) is 4. The van der Waals surface area contributed by atoms with Gasteiger partial charge in [0.25, 0.3) is 0 Å². The number of methoxy groups -OCH3 is 1. The third kappa shape index (κ3) is 3.86. The molecule has 0 aliphatic heterocycles. The van der Waals surface area contributed by atoms with Crippen LogP contribution in [0.15, 0.2) is 36.4 Å². The van der Waals surface area contributed by atoms with E-state index in [0.29, 0.717) is 10.9 Å². The van der Waals surface area contributed by atoms with E-state index in [-0.39, 0.29) is 5.97 Å². The molecular weight excluding hydrogens is 444 g/mol. The number of rotatable bonds is 4. The van der Waals surface area contributed by atoms with Crippen molar-refractivity contribution in [1.82, 2.24) is 0 Å². The topological polar surface area (TPSA) is 66.8 Å². The Bertz CT molecular complexity index is 973. The van der Waals surface area contributed by atoms with Gasteiger partial charge in [0.1, 0.15) is 0 Å². The van der Waals surface area contributed by atoms with Crippen LogP contribution in [-0.4, -0.2) is 35.5 Å². The van der Waals surface area contributed by atoms with Crippen molar-refractivity contribution in [2.75, 3.05) is 7.11 Å². The first-order valence-electron chi connectivity index (χ1n) is 10.0. The molecule has 0 bridgehead atoms. The highest BCUT2D eigenvalue weighted by atomic mass is 79.9. The second-order valence-electron chi connectivity index (χ2n) is 9.01. The van der Waals surface area contributed by atoms with Crippen molar-refractivity contribution < 1.29 is 19.7 Å². The van der Waals surface area contributed by atoms with Gasteiger partial charge in [0.05, 0.1) is 24.9 Å². The van der Waals surface area contributed by atoms with Gasteiger partial charge < -0.3 is 14.9 Å². The summed E-state index contributed by atoms with van der Waals surface area (Å²) in [4.78, 5) is 11.6. The van der Waals surface area contributed by atoms with E-state index in [2.05, 4.69) is 28.1 Å². The molecule has 2 unspecified atom stereocenters. The molecule has 0 heterocycles. The molecule has 30 heavy (non-hydrogen) atoms. The summed E-state index contributed by atoms with van der Waals surface area (Å²) < 4.78 is 4.74. The van der Waals surface area contributed by atoms with E-state index in [1.165, 1.54) is 7.11 Å². The predicted octanol–water partition coefficient (Wildman–Crippen LogP) is 4.83. The van der Waals surface area contributed by atoms with Crippen molar-refractivity contribution in [3.63, 3.8) is 0 Å². The number of halogens is 1. The van der Waals surface area contributed by atoms with Gasteiger partial charge in [-0.3, -0.25) is 0 Å². The number of esters is 1. The van der Waals surface area contributed by atoms with Crippen LogP contribution in [0.2, 0.25) is 0 Å². The number of carbonyl (C=O) groups excluding carboxylic acids is 1. The Kier molecular flexibility index (Phi) is 6.28. The quantitative estimate of drug-likeness (QED) is 0.379. The third-order valence-electron chi connectivity index (χ3n) is 6.38. The summed E-state index contributed by atoms with van der Waals surface area (Å²) in [5.74, 6) is -0.354. The molecule has 0 saturated carbocycles. The van der Waals surface area contributed by atoms with Crippen molar-refractivity contribution in [2.45, 2.75) is 56.1 Å². The smallest absolute Gasteiger partial charge is 0.337 e. The second-order valence-corrected chi connectivity index (χ2v) is 9.57. The molecular formula is C25H29BrO4. The Labute approximate surface area is 186 Å². The number of alkyl halides is 1. The number of hydrogen-bond donors (Lipinski definition) is 2. The molecule has 0 aromatic heterocycles. The van der Waals surface area contributed by atoms with Gasteiger partial charge in [-0.15, -0.1) is 0 Å². The highest BCUT2D eigenvalue weighted by Gasteiger charge is 2.50. The van der Waals surface area contributed by atoms with Crippen LogP contribution in [0.3, 0.4) is 0 Å². The lowest BCUT2D eigenvalue weighted by Gasteiger charge is -2.49. The van der Waals surface area contributed by atoms with E-state index in [0.717, 1.165) is 27.8 Å². The zero-order valence-electron chi connectivity index (χ0n) is 18.1. The number of aliphatic hydroxyl groups is 2. The Hall–Kier alpha value is -1.95. The zero-order chi connectivity index (χ0) is 22.3. The maximum absolute atomic E-state index is 11.6. The van der Waals surface area contributed by atoms with Crippen molar-refractivity contribution in [2.24, 2.45) is 0 Å². The Morgan fingerprint density at radius 2 is 1.53 bits per heavy atom. The fourth-order valence-electron chi connectivity index (χ4n) is 4.14. The highest BCUT2D eigenvalue weighted by molar-refractivity contribution is 9.08. The minimum absolute atomic E-state index is 0.354. The first-order valence-corrected chi connectivity index (χ1v) is 11.1. The van der Waals surface area contributed by atoms with Crippen molar-refractivity contribution in [3.8, 4) is 0 Å². The molecule has 0 spiro atoms. The van der Waals surface area contributed by atoms with E-state index in [9.17, 15) is 15.0 Å². The molecule has 5 heteroatoms. The number of ether oxygens (including phenoxy) is 1. The van der Waals surface area contributed by atoms with E-state index < -0.39 is 23.0 Å². The molecule has 0 fully saturated rings. The summed E-state index contributed by atoms with van der Waals surface area (Å²) in [7, 11) is 1.37. The minimum atomic E-state index is -0.850. The van der Waals surface area contributed by atoms with Gasteiger partial charge in [-0.1, -0.05) is 80.0 Å². The van der Waals surface area contributed by atoms with Crippen LogP contribution in [-0.2, 0) is 20.9 Å². The van der Waals surface area contributed by atoms with E-state index in [1.807, 2.05) is 52.0 Å². The zero-order valence-corrected chi connectivity index (χ0v) is 19.7. The third-order valence-corrected chi connectivity index (χ3v) is 6.98. The number of benzene rings is 2. The summed E-state index contributed by atoms with van der Waals surface area (Å²) in [5.41, 5.74) is 4.65. The average molecular weight is 473 g/mol. The van der Waals surface area contributed by atoms with Gasteiger partial charge >= 0.3 is 5.97 Å². The number of carbonyl (C=O) groups is 1. The monoisotopic (exact) mass is 472 g/mol. The van der Waals surface area contributed by atoms with Gasteiger partial charge in [-0.05, 0) is 39.9 Å². The lowest BCUT2D eigenvalue weighted by Crippen LogP contribution is -2.56. The maximum atomic E-state index is 11.6. The van der Waals surface area contributed by atoms with Crippen molar-refractivity contribution in [1.29, 1.82) is 0 Å². The molecule has 0 amide bonds. The molecule has 2 aromatic carbocycles. The predicted molar refractivity (Wildman–Crippen MR) is 124 cm³/mol. The van der Waals surface area contributed by atoms with E-state index in [4.69, 9.17) is 4.74 Å². The van der Waals surface area contributed by atoms with Gasteiger partial charge in [-0.25, -0.2) is 4.79 Å². The Morgan fingerprint density at radius 3 is 2.03 bits per heavy atom. The van der Waals surface area contributed by atoms with E-state index in [1.54, 1.807) is 12.1 Å². The van der Waals surface area contributed by atoms with Crippen LogP contribution in [0.1, 0.15) is 65.9 Å². The lowest BCUT2D eigenvalue weighted by atomic mass is 9.59. The molecule has 4 nitrogen and oxygen atoms in total. The lowest BCUT2D eigenvalue weighted by molar-refractivity contribution is -0.0673. The molecule has 0 saturated heterocycles. The van der Waals surface area contributed by atoms with Crippen LogP contribution < -0.4 is 0 Å². The molecule has 2 N–H and O–H groups in total. The maximum Gasteiger partial charge on any atom is 0.337 e. The molecule has 160 valence electrons. The van der Waals surface area contributed by atoms with Crippen LogP contribution in [0.25, 0.3) is 12.2 Å². The molecule has 2 aromatic rings. The molecule has 1 aliphatic rings. The average Bonchev–Trinajstić information content (AvgIpc) is 2.74.